The summed E-state index contributed by atoms with van der Waals surface area (Å²) >= 11 is 0. The van der Waals surface area contributed by atoms with Crippen LogP contribution in [0.5, 0.6) is 5.75 Å². The van der Waals surface area contributed by atoms with E-state index in [1.165, 1.54) is 35.0 Å². The lowest BCUT2D eigenvalue weighted by Gasteiger charge is -2.32. The third-order valence-electron chi connectivity index (χ3n) is 4.11. The first-order valence-corrected chi connectivity index (χ1v) is 8.00. The Morgan fingerprint density at radius 2 is 2.08 bits per heavy atom. The zero-order valence-corrected chi connectivity index (χ0v) is 14.0. The monoisotopic (exact) mass is 352 g/mol. The molecule has 1 heterocycles. The number of carboxylic acid groups (broad SMARTS) is 1. The van der Waals surface area contributed by atoms with E-state index in [-0.39, 0.29) is 31.4 Å². The number of amides is 2. The Morgan fingerprint density at radius 1 is 1.36 bits per heavy atom. The van der Waals surface area contributed by atoms with E-state index in [9.17, 15) is 18.8 Å². The maximum Gasteiger partial charge on any atom is 0.308 e. The van der Waals surface area contributed by atoms with Gasteiger partial charge >= 0.3 is 5.97 Å². The molecular formula is C17H21FN2O5. The van der Waals surface area contributed by atoms with E-state index in [1.807, 2.05) is 0 Å². The number of hydrogen-bond donors (Lipinski definition) is 1. The number of likely N-dealkylation sites (N-methyl/N-ethyl adjacent to an activating group) is 1. The van der Waals surface area contributed by atoms with Crippen LogP contribution in [0.1, 0.15) is 12.8 Å². The van der Waals surface area contributed by atoms with Crippen molar-refractivity contribution in [2.75, 3.05) is 33.3 Å². The van der Waals surface area contributed by atoms with E-state index in [1.54, 1.807) is 6.07 Å². The van der Waals surface area contributed by atoms with Crippen molar-refractivity contribution in [1.29, 1.82) is 0 Å². The first-order chi connectivity index (χ1) is 11.9. The van der Waals surface area contributed by atoms with Crippen molar-refractivity contribution in [2.45, 2.75) is 12.8 Å². The molecule has 8 heteroatoms. The van der Waals surface area contributed by atoms with Crippen LogP contribution in [0, 0.1) is 11.7 Å². The van der Waals surface area contributed by atoms with Crippen LogP contribution in [-0.4, -0.2) is 66.0 Å². The number of aliphatic carboxylic acids is 1. The highest BCUT2D eigenvalue weighted by Gasteiger charge is 2.29. The minimum atomic E-state index is -0.916. The minimum absolute atomic E-state index is 0.0316. The number of halogens is 1. The molecule has 1 aromatic carbocycles. The highest BCUT2D eigenvalue weighted by molar-refractivity contribution is 5.85. The smallest absolute Gasteiger partial charge is 0.308 e. The van der Waals surface area contributed by atoms with Gasteiger partial charge in [-0.15, -0.1) is 0 Å². The largest absolute Gasteiger partial charge is 0.481 e. The van der Waals surface area contributed by atoms with Gasteiger partial charge in [0.25, 0.3) is 5.91 Å². The Hall–Kier alpha value is -2.64. The predicted molar refractivity (Wildman–Crippen MR) is 86.5 cm³/mol. The number of hydrogen-bond acceptors (Lipinski definition) is 4. The number of carboxylic acids is 1. The van der Waals surface area contributed by atoms with Crippen molar-refractivity contribution in [3.05, 3.63) is 30.1 Å². The van der Waals surface area contributed by atoms with E-state index in [4.69, 9.17) is 9.84 Å². The molecule has 1 aliphatic heterocycles. The topological polar surface area (TPSA) is 87.2 Å². The molecule has 1 fully saturated rings. The van der Waals surface area contributed by atoms with Crippen LogP contribution in [0.25, 0.3) is 0 Å². The second-order valence-electron chi connectivity index (χ2n) is 5.99. The van der Waals surface area contributed by atoms with Crippen molar-refractivity contribution in [2.24, 2.45) is 5.92 Å². The molecule has 2 rings (SSSR count). The zero-order valence-electron chi connectivity index (χ0n) is 14.0. The van der Waals surface area contributed by atoms with Crippen LogP contribution in [0.15, 0.2) is 24.3 Å². The number of piperidine rings is 1. The zero-order chi connectivity index (χ0) is 18.4. The number of nitrogens with zero attached hydrogens (tertiary/aromatic N) is 2. The van der Waals surface area contributed by atoms with Crippen molar-refractivity contribution in [1.82, 2.24) is 9.80 Å². The molecule has 1 unspecified atom stereocenters. The molecule has 1 aliphatic rings. The highest BCUT2D eigenvalue weighted by atomic mass is 19.1. The predicted octanol–water partition coefficient (Wildman–Crippen LogP) is 0.986. The first kappa shape index (κ1) is 18.7. The standard InChI is InChI=1S/C17H21FN2O5/c1-19(16(22)11-25-14-7-3-2-6-13(14)18)10-15(21)20-8-4-5-12(9-20)17(23)24/h2-3,6-7,12H,4-5,8-11H2,1H3,(H,23,24). The third-order valence-corrected chi connectivity index (χ3v) is 4.11. The molecule has 0 radical (unpaired) electrons. The molecule has 1 N–H and O–H groups in total. The summed E-state index contributed by atoms with van der Waals surface area (Å²) in [4.78, 5) is 38.0. The SMILES string of the molecule is CN(CC(=O)N1CCCC(C(=O)O)C1)C(=O)COc1ccccc1F. The number of likely N-dealkylation sites (tertiary alicyclic amines) is 1. The molecule has 0 spiro atoms. The molecule has 0 aliphatic carbocycles. The molecule has 0 saturated carbocycles. The van der Waals surface area contributed by atoms with Gasteiger partial charge in [-0.05, 0) is 25.0 Å². The molecule has 1 atom stereocenters. The number of rotatable bonds is 6. The molecule has 7 nitrogen and oxygen atoms in total. The third kappa shape index (κ3) is 5.17. The van der Waals surface area contributed by atoms with Crippen LogP contribution in [0.4, 0.5) is 4.39 Å². The molecule has 2 amide bonds. The molecule has 136 valence electrons. The van der Waals surface area contributed by atoms with Crippen molar-refractivity contribution >= 4 is 17.8 Å². The summed E-state index contributed by atoms with van der Waals surface area (Å²) in [6, 6.07) is 5.74. The summed E-state index contributed by atoms with van der Waals surface area (Å²) in [5.41, 5.74) is 0. The van der Waals surface area contributed by atoms with Gasteiger partial charge in [0, 0.05) is 20.1 Å². The van der Waals surface area contributed by atoms with Crippen LogP contribution in [0.3, 0.4) is 0 Å². The van der Waals surface area contributed by atoms with Gasteiger partial charge in [0.1, 0.15) is 0 Å². The fourth-order valence-corrected chi connectivity index (χ4v) is 2.61. The van der Waals surface area contributed by atoms with Gasteiger partial charge in [0.05, 0.1) is 12.5 Å². The number of benzene rings is 1. The van der Waals surface area contributed by atoms with Gasteiger partial charge in [-0.1, -0.05) is 12.1 Å². The summed E-state index contributed by atoms with van der Waals surface area (Å²) in [5, 5.41) is 9.06. The van der Waals surface area contributed by atoms with Gasteiger partial charge in [-0.3, -0.25) is 14.4 Å². The lowest BCUT2D eigenvalue weighted by atomic mass is 9.98. The molecule has 0 aromatic heterocycles. The Labute approximate surface area is 145 Å². The van der Waals surface area contributed by atoms with E-state index in [0.29, 0.717) is 19.4 Å². The fourth-order valence-electron chi connectivity index (χ4n) is 2.61. The van der Waals surface area contributed by atoms with Gasteiger partial charge in [0.2, 0.25) is 5.91 Å². The number of carbonyl (C=O) groups is 3. The summed E-state index contributed by atoms with van der Waals surface area (Å²) in [5.74, 6) is -2.86. The average Bonchev–Trinajstić information content (AvgIpc) is 2.60. The summed E-state index contributed by atoms with van der Waals surface area (Å²) in [6.07, 6.45) is 1.17. The van der Waals surface area contributed by atoms with Crippen molar-refractivity contribution in [3.63, 3.8) is 0 Å². The number of ether oxygens (including phenoxy) is 1. The van der Waals surface area contributed by atoms with Gasteiger partial charge in [-0.25, -0.2) is 4.39 Å². The Kier molecular flexibility index (Phi) is 6.32. The lowest BCUT2D eigenvalue weighted by Crippen LogP contribution is -2.47. The highest BCUT2D eigenvalue weighted by Crippen LogP contribution is 2.17. The molecule has 0 bridgehead atoms. The van der Waals surface area contributed by atoms with Crippen LogP contribution < -0.4 is 4.74 Å². The van der Waals surface area contributed by atoms with E-state index < -0.39 is 23.6 Å². The van der Waals surface area contributed by atoms with Crippen LogP contribution in [-0.2, 0) is 14.4 Å². The maximum atomic E-state index is 13.4. The van der Waals surface area contributed by atoms with Crippen LogP contribution >= 0.6 is 0 Å². The van der Waals surface area contributed by atoms with Crippen molar-refractivity contribution < 1.29 is 28.6 Å². The number of para-hydroxylation sites is 1. The lowest BCUT2D eigenvalue weighted by molar-refractivity contribution is -0.147. The fraction of sp³-hybridized carbons (Fsp3) is 0.471. The first-order valence-electron chi connectivity index (χ1n) is 8.00. The molecule has 25 heavy (non-hydrogen) atoms. The average molecular weight is 352 g/mol. The Balaban J connectivity index is 1.82. The van der Waals surface area contributed by atoms with E-state index in [2.05, 4.69) is 0 Å². The van der Waals surface area contributed by atoms with Gasteiger partial charge in [0.15, 0.2) is 18.2 Å². The maximum absolute atomic E-state index is 13.4. The molecular weight excluding hydrogens is 331 g/mol. The molecule has 1 saturated heterocycles. The van der Waals surface area contributed by atoms with Gasteiger partial charge < -0.3 is 19.6 Å². The normalized spacial score (nSPS) is 17.0. The van der Waals surface area contributed by atoms with E-state index >= 15 is 0 Å². The second kappa shape index (κ2) is 8.46. The summed E-state index contributed by atoms with van der Waals surface area (Å²) < 4.78 is 18.6. The Morgan fingerprint density at radius 3 is 2.76 bits per heavy atom. The summed E-state index contributed by atoms with van der Waals surface area (Å²) in [7, 11) is 1.45. The second-order valence-corrected chi connectivity index (χ2v) is 5.99. The molecule has 1 aromatic rings. The van der Waals surface area contributed by atoms with Gasteiger partial charge in [-0.2, -0.15) is 0 Å². The van der Waals surface area contributed by atoms with Crippen LogP contribution in [0.2, 0.25) is 0 Å². The summed E-state index contributed by atoms with van der Waals surface area (Å²) in [6.45, 7) is 0.0760. The Bertz CT molecular complexity index is 652. The van der Waals surface area contributed by atoms with E-state index in [0.717, 1.165) is 0 Å². The number of carbonyl (C=O) groups excluding carboxylic acids is 2. The quantitative estimate of drug-likeness (QED) is 0.825. The minimum Gasteiger partial charge on any atom is -0.481 e. The van der Waals surface area contributed by atoms with Crippen molar-refractivity contribution in [3.8, 4) is 5.75 Å².